The Kier molecular flexibility index (Phi) is 5.05. The average molecular weight is 316 g/mol. The zero-order valence-corrected chi connectivity index (χ0v) is 14.4. The van der Waals surface area contributed by atoms with Gasteiger partial charge in [0.25, 0.3) is 0 Å². The van der Waals surface area contributed by atoms with Crippen molar-refractivity contribution in [2.24, 2.45) is 17.8 Å². The van der Waals surface area contributed by atoms with Gasteiger partial charge in [0.1, 0.15) is 0 Å². The molecule has 1 saturated carbocycles. The quantitative estimate of drug-likeness (QED) is 0.766. The molecule has 1 aliphatic carbocycles. The minimum Gasteiger partial charge on any atom is -0.435 e. The van der Waals surface area contributed by atoms with Gasteiger partial charge >= 0.3 is 5.97 Å². The van der Waals surface area contributed by atoms with Gasteiger partial charge in [-0.3, -0.25) is 4.79 Å². The van der Waals surface area contributed by atoms with Crippen molar-refractivity contribution >= 4 is 5.97 Å². The highest BCUT2D eigenvalue weighted by molar-refractivity contribution is 5.73. The van der Waals surface area contributed by atoms with E-state index in [1.807, 2.05) is 18.2 Å². The second-order valence-corrected chi connectivity index (χ2v) is 7.58. The third-order valence-electron chi connectivity index (χ3n) is 5.46. The summed E-state index contributed by atoms with van der Waals surface area (Å²) in [7, 11) is 0. The van der Waals surface area contributed by atoms with E-state index in [1.165, 1.54) is 12.8 Å². The first-order valence-electron chi connectivity index (χ1n) is 8.94. The van der Waals surface area contributed by atoms with E-state index in [0.29, 0.717) is 24.2 Å². The van der Waals surface area contributed by atoms with Gasteiger partial charge in [0.2, 0.25) is 6.29 Å². The largest absolute Gasteiger partial charge is 0.435 e. The maximum absolute atomic E-state index is 11.9. The Morgan fingerprint density at radius 1 is 1.17 bits per heavy atom. The molecule has 0 aromatic heterocycles. The fraction of sp³-hybridized carbons (Fsp3) is 0.650. The van der Waals surface area contributed by atoms with Crippen LogP contribution in [0.5, 0.6) is 0 Å². The number of cyclic esters (lactones) is 1. The van der Waals surface area contributed by atoms with E-state index in [1.54, 1.807) is 0 Å². The van der Waals surface area contributed by atoms with Crippen LogP contribution in [0.3, 0.4) is 0 Å². The molecule has 1 heterocycles. The number of hydrogen-bond donors (Lipinski definition) is 0. The molecule has 0 unspecified atom stereocenters. The lowest BCUT2D eigenvalue weighted by atomic mass is 9.75. The van der Waals surface area contributed by atoms with E-state index in [2.05, 4.69) is 32.9 Å². The van der Waals surface area contributed by atoms with Crippen molar-refractivity contribution in [2.45, 2.75) is 64.8 Å². The van der Waals surface area contributed by atoms with Gasteiger partial charge in [-0.05, 0) is 36.2 Å². The third-order valence-corrected chi connectivity index (χ3v) is 5.46. The van der Waals surface area contributed by atoms with Crippen molar-refractivity contribution in [3.8, 4) is 0 Å². The molecule has 0 spiro atoms. The first-order valence-corrected chi connectivity index (χ1v) is 8.94. The molecule has 0 amide bonds. The molecule has 1 aromatic carbocycles. The molecule has 126 valence electrons. The fourth-order valence-corrected chi connectivity index (χ4v) is 4.08. The first-order chi connectivity index (χ1) is 11.0. The van der Waals surface area contributed by atoms with E-state index in [-0.39, 0.29) is 18.0 Å². The van der Waals surface area contributed by atoms with Crippen molar-refractivity contribution in [1.82, 2.24) is 0 Å². The van der Waals surface area contributed by atoms with Crippen molar-refractivity contribution in [2.75, 3.05) is 0 Å². The van der Waals surface area contributed by atoms with E-state index in [0.717, 1.165) is 12.0 Å². The maximum Gasteiger partial charge on any atom is 0.308 e. The standard InChI is InChI=1S/C20H28O3/c1-13(2)16-10-9-14(3)11-18(16)22-20-17(12-19(21)23-20)15-7-5-4-6-8-15/h4-8,13-14,16-18,20H,9-12H2,1-3H3/t14-,16+,17-,18-,20-/m1/s1. The summed E-state index contributed by atoms with van der Waals surface area (Å²) < 4.78 is 11.9. The molecule has 1 saturated heterocycles. The van der Waals surface area contributed by atoms with Gasteiger partial charge < -0.3 is 9.47 Å². The molecule has 1 aliphatic heterocycles. The Hall–Kier alpha value is -1.35. The lowest BCUT2D eigenvalue weighted by Gasteiger charge is -2.38. The molecule has 0 bridgehead atoms. The fourth-order valence-electron chi connectivity index (χ4n) is 4.08. The Morgan fingerprint density at radius 3 is 2.61 bits per heavy atom. The number of carbonyl (C=O) groups is 1. The molecule has 5 atom stereocenters. The minimum atomic E-state index is -0.429. The van der Waals surface area contributed by atoms with Gasteiger partial charge in [-0.25, -0.2) is 0 Å². The van der Waals surface area contributed by atoms with E-state index >= 15 is 0 Å². The van der Waals surface area contributed by atoms with Crippen LogP contribution in [-0.2, 0) is 14.3 Å². The maximum atomic E-state index is 11.9. The topological polar surface area (TPSA) is 35.5 Å². The summed E-state index contributed by atoms with van der Waals surface area (Å²) in [5, 5.41) is 0. The predicted molar refractivity (Wildman–Crippen MR) is 89.9 cm³/mol. The normalized spacial score (nSPS) is 34.6. The molecule has 0 N–H and O–H groups in total. The van der Waals surface area contributed by atoms with E-state index < -0.39 is 6.29 Å². The number of ether oxygens (including phenoxy) is 2. The molecule has 2 fully saturated rings. The van der Waals surface area contributed by atoms with Gasteiger partial charge in [0.05, 0.1) is 18.4 Å². The lowest BCUT2D eigenvalue weighted by molar-refractivity contribution is -0.189. The van der Waals surface area contributed by atoms with Crippen LogP contribution in [0.2, 0.25) is 0 Å². The summed E-state index contributed by atoms with van der Waals surface area (Å²) in [4.78, 5) is 11.9. The zero-order chi connectivity index (χ0) is 16.4. The molecule has 1 aromatic rings. The molecule has 3 nitrogen and oxygen atoms in total. The summed E-state index contributed by atoms with van der Waals surface area (Å²) in [5.74, 6) is 1.71. The highest BCUT2D eigenvalue weighted by Crippen LogP contribution is 2.40. The molecule has 23 heavy (non-hydrogen) atoms. The monoisotopic (exact) mass is 316 g/mol. The second kappa shape index (κ2) is 7.04. The van der Waals surface area contributed by atoms with Crippen LogP contribution in [0.15, 0.2) is 30.3 Å². The summed E-state index contributed by atoms with van der Waals surface area (Å²) >= 11 is 0. The van der Waals surface area contributed by atoms with Crippen molar-refractivity contribution in [3.63, 3.8) is 0 Å². The molecule has 2 aliphatic rings. The Balaban J connectivity index is 1.75. The Morgan fingerprint density at radius 2 is 1.91 bits per heavy atom. The van der Waals surface area contributed by atoms with Crippen LogP contribution in [-0.4, -0.2) is 18.4 Å². The van der Waals surface area contributed by atoms with Crippen LogP contribution in [0.4, 0.5) is 0 Å². The number of rotatable bonds is 4. The number of benzene rings is 1. The number of carbonyl (C=O) groups excluding carboxylic acids is 1. The molecule has 3 rings (SSSR count). The minimum absolute atomic E-state index is 0.0220. The van der Waals surface area contributed by atoms with E-state index in [4.69, 9.17) is 9.47 Å². The summed E-state index contributed by atoms with van der Waals surface area (Å²) in [5.41, 5.74) is 1.13. The Labute approximate surface area is 139 Å². The van der Waals surface area contributed by atoms with Gasteiger partial charge in [0, 0.05) is 0 Å². The highest BCUT2D eigenvalue weighted by Gasteiger charge is 2.41. The smallest absolute Gasteiger partial charge is 0.308 e. The lowest BCUT2D eigenvalue weighted by Crippen LogP contribution is -2.38. The van der Waals surface area contributed by atoms with Gasteiger partial charge in [-0.2, -0.15) is 0 Å². The van der Waals surface area contributed by atoms with Crippen molar-refractivity contribution in [1.29, 1.82) is 0 Å². The van der Waals surface area contributed by atoms with Crippen LogP contribution in [0, 0.1) is 17.8 Å². The SMILES string of the molecule is CC(C)[C@@H]1CC[C@@H](C)C[C@H]1O[C@@H]1OC(=O)C[C@@H]1c1ccccc1. The number of hydrogen-bond acceptors (Lipinski definition) is 3. The molecule has 3 heteroatoms. The van der Waals surface area contributed by atoms with Crippen LogP contribution in [0.25, 0.3) is 0 Å². The predicted octanol–water partition coefficient (Wildman–Crippen LogP) is 4.52. The molecular formula is C20H28O3. The van der Waals surface area contributed by atoms with E-state index in [9.17, 15) is 4.79 Å². The van der Waals surface area contributed by atoms with Gasteiger partial charge in [0.15, 0.2) is 0 Å². The zero-order valence-electron chi connectivity index (χ0n) is 14.4. The van der Waals surface area contributed by atoms with Gasteiger partial charge in [-0.1, -0.05) is 57.5 Å². The summed E-state index contributed by atoms with van der Waals surface area (Å²) in [6.45, 7) is 6.83. The van der Waals surface area contributed by atoms with Crippen LogP contribution in [0.1, 0.15) is 57.9 Å². The molecular weight excluding hydrogens is 288 g/mol. The van der Waals surface area contributed by atoms with Crippen LogP contribution >= 0.6 is 0 Å². The highest BCUT2D eigenvalue weighted by atomic mass is 16.7. The summed E-state index contributed by atoms with van der Waals surface area (Å²) in [6, 6.07) is 10.1. The summed E-state index contributed by atoms with van der Waals surface area (Å²) in [6.07, 6.45) is 3.74. The van der Waals surface area contributed by atoms with Crippen molar-refractivity contribution in [3.05, 3.63) is 35.9 Å². The second-order valence-electron chi connectivity index (χ2n) is 7.58. The third kappa shape index (κ3) is 3.77. The number of esters is 1. The average Bonchev–Trinajstić information content (AvgIpc) is 2.88. The van der Waals surface area contributed by atoms with Gasteiger partial charge in [-0.15, -0.1) is 0 Å². The van der Waals surface area contributed by atoms with Crippen LogP contribution < -0.4 is 0 Å². The van der Waals surface area contributed by atoms with Crippen molar-refractivity contribution < 1.29 is 14.3 Å². The molecule has 0 radical (unpaired) electrons. The Bertz CT molecular complexity index is 525. The first kappa shape index (κ1) is 16.5.